The van der Waals surface area contributed by atoms with Crippen molar-refractivity contribution in [3.8, 4) is 0 Å². The molecule has 69 valence electrons. The molecule has 0 bridgehead atoms. The van der Waals surface area contributed by atoms with Crippen molar-refractivity contribution in [1.82, 2.24) is 4.98 Å². The van der Waals surface area contributed by atoms with Gasteiger partial charge in [-0.3, -0.25) is 0 Å². The molecule has 0 N–H and O–H groups in total. The largest absolute Gasteiger partial charge is 0.357 e. The molecule has 0 aliphatic carbocycles. The van der Waals surface area contributed by atoms with Crippen LogP contribution in [-0.2, 0) is 0 Å². The van der Waals surface area contributed by atoms with Crippen LogP contribution in [0.3, 0.4) is 0 Å². The van der Waals surface area contributed by atoms with E-state index in [1.165, 1.54) is 12.8 Å². The van der Waals surface area contributed by atoms with Crippen molar-refractivity contribution in [2.24, 2.45) is 5.92 Å². The molecule has 0 unspecified atom stereocenters. The molecule has 0 spiro atoms. The summed E-state index contributed by atoms with van der Waals surface area (Å²) >= 11 is 0. The number of anilines is 1. The van der Waals surface area contributed by atoms with E-state index in [0.29, 0.717) is 5.92 Å². The molecule has 1 saturated heterocycles. The highest BCUT2D eigenvalue weighted by molar-refractivity contribution is 5.37. The van der Waals surface area contributed by atoms with Crippen LogP contribution < -0.4 is 4.90 Å². The molecule has 0 atom stereocenters. The first-order chi connectivity index (χ1) is 6.36. The summed E-state index contributed by atoms with van der Waals surface area (Å²) in [7, 11) is 0. The molecule has 1 fully saturated rings. The lowest BCUT2D eigenvalue weighted by molar-refractivity contribution is 0.473. The van der Waals surface area contributed by atoms with E-state index in [-0.39, 0.29) is 0 Å². The lowest BCUT2D eigenvalue weighted by Gasteiger charge is -2.30. The Labute approximate surface area is 79.6 Å². The van der Waals surface area contributed by atoms with Crippen LogP contribution in [0, 0.1) is 12.8 Å². The van der Waals surface area contributed by atoms with Crippen LogP contribution in [-0.4, -0.2) is 18.1 Å². The third-order valence-electron chi connectivity index (χ3n) is 2.59. The summed E-state index contributed by atoms with van der Waals surface area (Å²) in [4.78, 5) is 6.67. The monoisotopic (exact) mass is 175 g/mol. The van der Waals surface area contributed by atoms with Crippen LogP contribution in [0.5, 0.6) is 0 Å². The van der Waals surface area contributed by atoms with E-state index >= 15 is 0 Å². The first-order valence-electron chi connectivity index (χ1n) is 4.85. The number of hydrogen-bond acceptors (Lipinski definition) is 2. The third kappa shape index (κ3) is 2.00. The van der Waals surface area contributed by atoms with Crippen molar-refractivity contribution in [3.05, 3.63) is 31.3 Å². The van der Waals surface area contributed by atoms with Crippen LogP contribution in [0.2, 0.25) is 0 Å². The van der Waals surface area contributed by atoms with Crippen molar-refractivity contribution < 1.29 is 0 Å². The van der Waals surface area contributed by atoms with Gasteiger partial charge in [-0.25, -0.2) is 4.98 Å². The molecule has 0 aromatic carbocycles. The number of aromatic nitrogens is 1. The predicted molar refractivity (Wildman–Crippen MR) is 54.5 cm³/mol. The number of rotatable bonds is 1. The van der Waals surface area contributed by atoms with Gasteiger partial charge in [-0.1, -0.05) is 13.0 Å². The zero-order valence-electron chi connectivity index (χ0n) is 7.82. The fourth-order valence-electron chi connectivity index (χ4n) is 1.70. The molecule has 2 nitrogen and oxygen atoms in total. The van der Waals surface area contributed by atoms with E-state index in [9.17, 15) is 0 Å². The maximum atomic E-state index is 4.33. The molecule has 2 rings (SSSR count). The van der Waals surface area contributed by atoms with Gasteiger partial charge in [0, 0.05) is 19.3 Å². The topological polar surface area (TPSA) is 16.1 Å². The normalized spacial score (nSPS) is 19.0. The second kappa shape index (κ2) is 3.77. The fraction of sp³-hybridized carbons (Fsp3) is 0.455. The minimum Gasteiger partial charge on any atom is -0.357 e. The number of hydrogen-bond donors (Lipinski definition) is 0. The van der Waals surface area contributed by atoms with Gasteiger partial charge in [0.05, 0.1) is 0 Å². The Morgan fingerprint density at radius 1 is 1.31 bits per heavy atom. The molecule has 0 saturated carbocycles. The second-order valence-corrected chi connectivity index (χ2v) is 3.62. The Kier molecular flexibility index (Phi) is 2.48. The molecule has 1 aliphatic heterocycles. The van der Waals surface area contributed by atoms with Crippen molar-refractivity contribution >= 4 is 5.82 Å². The van der Waals surface area contributed by atoms with Gasteiger partial charge in [-0.05, 0) is 30.9 Å². The van der Waals surface area contributed by atoms with Crippen molar-refractivity contribution in [2.75, 3.05) is 18.0 Å². The fourth-order valence-corrected chi connectivity index (χ4v) is 1.70. The van der Waals surface area contributed by atoms with Gasteiger partial charge in [-0.2, -0.15) is 0 Å². The molecule has 1 aromatic heterocycles. The first-order valence-corrected chi connectivity index (χ1v) is 4.85. The highest BCUT2D eigenvalue weighted by atomic mass is 15.2. The molecular formula is C11H15N2. The summed E-state index contributed by atoms with van der Waals surface area (Å²) in [5.41, 5.74) is 0. The molecule has 13 heavy (non-hydrogen) atoms. The molecule has 0 amide bonds. The lowest BCUT2D eigenvalue weighted by Crippen LogP contribution is -2.33. The van der Waals surface area contributed by atoms with Gasteiger partial charge in [0.2, 0.25) is 0 Å². The van der Waals surface area contributed by atoms with Gasteiger partial charge in [0.25, 0.3) is 0 Å². The van der Waals surface area contributed by atoms with E-state index in [1.54, 1.807) is 0 Å². The molecule has 1 radical (unpaired) electrons. The Balaban J connectivity index is 2.03. The predicted octanol–water partition coefficient (Wildman–Crippen LogP) is 2.13. The standard InChI is InChI=1S/C11H15N2/c1-10-5-8-13(9-6-10)11-4-2-3-7-12-11/h2-4,7,10H,1,5-6,8-9H2. The number of nitrogens with zero attached hydrogens (tertiary/aromatic N) is 2. The summed E-state index contributed by atoms with van der Waals surface area (Å²) in [5.74, 6) is 1.74. The van der Waals surface area contributed by atoms with Crippen LogP contribution in [0.1, 0.15) is 12.8 Å². The minimum absolute atomic E-state index is 0.639. The zero-order valence-corrected chi connectivity index (χ0v) is 7.82. The minimum atomic E-state index is 0.639. The summed E-state index contributed by atoms with van der Waals surface area (Å²) in [6.45, 7) is 6.28. The first kappa shape index (κ1) is 8.54. The Bertz CT molecular complexity index is 250. The van der Waals surface area contributed by atoms with Crippen LogP contribution >= 0.6 is 0 Å². The number of piperidine rings is 1. The summed E-state index contributed by atoms with van der Waals surface area (Å²) in [5, 5.41) is 0. The SMILES string of the molecule is [CH2]C1CCN(c2ccccn2)CC1. The summed E-state index contributed by atoms with van der Waals surface area (Å²) < 4.78 is 0. The van der Waals surface area contributed by atoms with Gasteiger partial charge < -0.3 is 4.90 Å². The maximum Gasteiger partial charge on any atom is 0.128 e. The summed E-state index contributed by atoms with van der Waals surface area (Å²) in [6.07, 6.45) is 4.23. The van der Waals surface area contributed by atoms with E-state index in [2.05, 4.69) is 22.9 Å². The average Bonchev–Trinajstić information content (AvgIpc) is 2.20. The molecular weight excluding hydrogens is 160 g/mol. The van der Waals surface area contributed by atoms with E-state index in [1.807, 2.05) is 18.3 Å². The molecule has 2 heteroatoms. The highest BCUT2D eigenvalue weighted by Gasteiger charge is 2.16. The van der Waals surface area contributed by atoms with Gasteiger partial charge >= 0.3 is 0 Å². The van der Waals surface area contributed by atoms with E-state index in [4.69, 9.17) is 0 Å². The zero-order chi connectivity index (χ0) is 9.10. The molecule has 1 aliphatic rings. The Hall–Kier alpha value is -1.05. The van der Waals surface area contributed by atoms with Crippen LogP contribution in [0.4, 0.5) is 5.82 Å². The van der Waals surface area contributed by atoms with Crippen LogP contribution in [0.25, 0.3) is 0 Å². The molecule has 2 heterocycles. The quantitative estimate of drug-likeness (QED) is 0.650. The molecule has 1 aromatic rings. The average molecular weight is 175 g/mol. The highest BCUT2D eigenvalue weighted by Crippen LogP contribution is 2.20. The maximum absolute atomic E-state index is 4.33. The second-order valence-electron chi connectivity index (χ2n) is 3.62. The Morgan fingerprint density at radius 2 is 2.08 bits per heavy atom. The Morgan fingerprint density at radius 3 is 2.69 bits per heavy atom. The van der Waals surface area contributed by atoms with E-state index in [0.717, 1.165) is 18.9 Å². The number of pyridine rings is 1. The lowest BCUT2D eigenvalue weighted by atomic mass is 9.99. The third-order valence-corrected chi connectivity index (χ3v) is 2.59. The van der Waals surface area contributed by atoms with Gasteiger partial charge in [-0.15, -0.1) is 0 Å². The van der Waals surface area contributed by atoms with E-state index < -0.39 is 0 Å². The van der Waals surface area contributed by atoms with Gasteiger partial charge in [0.1, 0.15) is 5.82 Å². The van der Waals surface area contributed by atoms with Crippen molar-refractivity contribution in [3.63, 3.8) is 0 Å². The van der Waals surface area contributed by atoms with Gasteiger partial charge in [0.15, 0.2) is 0 Å². The van der Waals surface area contributed by atoms with Crippen LogP contribution in [0.15, 0.2) is 24.4 Å². The van der Waals surface area contributed by atoms with Crippen molar-refractivity contribution in [1.29, 1.82) is 0 Å². The van der Waals surface area contributed by atoms with Crippen molar-refractivity contribution in [2.45, 2.75) is 12.8 Å². The summed E-state index contributed by atoms with van der Waals surface area (Å²) in [6, 6.07) is 6.07. The smallest absolute Gasteiger partial charge is 0.128 e.